The number of aromatic nitrogens is 2. The lowest BCUT2D eigenvalue weighted by molar-refractivity contribution is -0.120. The van der Waals surface area contributed by atoms with Crippen LogP contribution >= 0.6 is 12.2 Å². The zero-order chi connectivity index (χ0) is 9.68. The summed E-state index contributed by atoms with van der Waals surface area (Å²) in [7, 11) is 0. The molecule has 1 rings (SSSR count). The highest BCUT2D eigenvalue weighted by Gasteiger charge is 2.02. The SMILES string of the molecule is NC(=S)CC(=O)NCc1cn[nH]c1. The van der Waals surface area contributed by atoms with E-state index >= 15 is 0 Å². The van der Waals surface area contributed by atoms with Gasteiger partial charge in [-0.05, 0) is 0 Å². The van der Waals surface area contributed by atoms with E-state index in [4.69, 9.17) is 5.73 Å². The molecule has 0 bridgehead atoms. The lowest BCUT2D eigenvalue weighted by atomic mass is 10.3. The van der Waals surface area contributed by atoms with E-state index in [9.17, 15) is 4.79 Å². The van der Waals surface area contributed by atoms with E-state index in [0.29, 0.717) is 6.54 Å². The van der Waals surface area contributed by atoms with E-state index in [2.05, 4.69) is 27.7 Å². The third-order valence-corrected chi connectivity index (χ3v) is 1.52. The largest absolute Gasteiger partial charge is 0.393 e. The van der Waals surface area contributed by atoms with Gasteiger partial charge < -0.3 is 11.1 Å². The van der Waals surface area contributed by atoms with Crippen molar-refractivity contribution in [3.8, 4) is 0 Å². The molecule has 1 amide bonds. The molecule has 4 N–H and O–H groups in total. The molecule has 0 radical (unpaired) electrons. The number of nitrogens with zero attached hydrogens (tertiary/aromatic N) is 1. The number of hydrogen-bond acceptors (Lipinski definition) is 3. The average molecular weight is 198 g/mol. The predicted molar refractivity (Wildman–Crippen MR) is 51.8 cm³/mol. The Morgan fingerprint density at radius 1 is 1.77 bits per heavy atom. The Hall–Kier alpha value is -1.43. The molecule has 0 spiro atoms. The minimum Gasteiger partial charge on any atom is -0.393 e. The molecule has 0 saturated carbocycles. The Bertz CT molecular complexity index is 295. The monoisotopic (exact) mass is 198 g/mol. The van der Waals surface area contributed by atoms with Gasteiger partial charge in [0.1, 0.15) is 0 Å². The van der Waals surface area contributed by atoms with E-state index in [-0.39, 0.29) is 17.3 Å². The van der Waals surface area contributed by atoms with Crippen LogP contribution in [0.5, 0.6) is 0 Å². The number of carbonyl (C=O) groups excluding carboxylic acids is 1. The van der Waals surface area contributed by atoms with Crippen LogP contribution < -0.4 is 11.1 Å². The van der Waals surface area contributed by atoms with Crippen LogP contribution in [0.2, 0.25) is 0 Å². The minimum absolute atomic E-state index is 0.0905. The second kappa shape index (κ2) is 4.56. The Morgan fingerprint density at radius 2 is 2.54 bits per heavy atom. The Morgan fingerprint density at radius 3 is 3.08 bits per heavy atom. The molecule has 0 fully saturated rings. The Kier molecular flexibility index (Phi) is 3.39. The number of rotatable bonds is 4. The highest BCUT2D eigenvalue weighted by Crippen LogP contribution is 1.92. The molecule has 1 aromatic rings. The van der Waals surface area contributed by atoms with Gasteiger partial charge in [0.25, 0.3) is 0 Å². The molecule has 0 aliphatic rings. The first-order chi connectivity index (χ1) is 6.18. The third kappa shape index (κ3) is 3.66. The van der Waals surface area contributed by atoms with Crippen molar-refractivity contribution < 1.29 is 4.79 Å². The van der Waals surface area contributed by atoms with Gasteiger partial charge in [-0.3, -0.25) is 9.89 Å². The first-order valence-electron chi connectivity index (χ1n) is 3.71. The van der Waals surface area contributed by atoms with Crippen molar-refractivity contribution in [2.24, 2.45) is 5.73 Å². The van der Waals surface area contributed by atoms with Gasteiger partial charge in [0.2, 0.25) is 5.91 Å². The lowest BCUT2D eigenvalue weighted by Crippen LogP contribution is -2.27. The first kappa shape index (κ1) is 9.66. The standard InChI is InChI=1S/C7H10N4OS/c8-6(13)1-7(12)9-2-5-3-10-11-4-5/h3-4H,1-2H2,(H2,8,13)(H,9,12)(H,10,11). The summed E-state index contributed by atoms with van der Waals surface area (Å²) in [5.74, 6) is -0.172. The van der Waals surface area contributed by atoms with Crippen LogP contribution in [0, 0.1) is 0 Å². The van der Waals surface area contributed by atoms with Crippen molar-refractivity contribution >= 4 is 23.1 Å². The summed E-state index contributed by atoms with van der Waals surface area (Å²) in [5, 5.41) is 9.03. The second-order valence-corrected chi connectivity index (χ2v) is 3.05. The van der Waals surface area contributed by atoms with E-state index in [1.165, 1.54) is 0 Å². The number of H-pyrrole nitrogens is 1. The number of nitrogens with one attached hydrogen (secondary N) is 2. The Labute approximate surface area is 80.7 Å². The molecule has 5 nitrogen and oxygen atoms in total. The van der Waals surface area contributed by atoms with Gasteiger partial charge in [-0.1, -0.05) is 12.2 Å². The van der Waals surface area contributed by atoms with Gasteiger partial charge in [0.05, 0.1) is 17.6 Å². The Balaban J connectivity index is 2.27. The molecule has 0 unspecified atom stereocenters. The number of aromatic amines is 1. The van der Waals surface area contributed by atoms with Crippen molar-refractivity contribution in [3.63, 3.8) is 0 Å². The van der Waals surface area contributed by atoms with Crippen LogP contribution in [0.1, 0.15) is 12.0 Å². The van der Waals surface area contributed by atoms with E-state index in [1.807, 2.05) is 0 Å². The zero-order valence-corrected chi connectivity index (χ0v) is 7.73. The lowest BCUT2D eigenvalue weighted by Gasteiger charge is -2.01. The fourth-order valence-corrected chi connectivity index (χ4v) is 0.927. The van der Waals surface area contributed by atoms with E-state index < -0.39 is 0 Å². The van der Waals surface area contributed by atoms with Crippen LogP contribution in [0.3, 0.4) is 0 Å². The molecule has 0 aliphatic carbocycles. The summed E-state index contributed by atoms with van der Waals surface area (Å²) in [6.45, 7) is 0.442. The smallest absolute Gasteiger partial charge is 0.227 e. The number of amides is 1. The van der Waals surface area contributed by atoms with Crippen LogP contribution in [0.25, 0.3) is 0 Å². The number of thiocarbonyl (C=S) groups is 1. The van der Waals surface area contributed by atoms with Gasteiger partial charge in [0.15, 0.2) is 0 Å². The zero-order valence-electron chi connectivity index (χ0n) is 6.91. The fourth-order valence-electron chi connectivity index (χ4n) is 0.796. The molecular weight excluding hydrogens is 188 g/mol. The van der Waals surface area contributed by atoms with E-state index in [0.717, 1.165) is 5.56 Å². The molecule has 0 aromatic carbocycles. The molecule has 1 aromatic heterocycles. The maximum Gasteiger partial charge on any atom is 0.227 e. The summed E-state index contributed by atoms with van der Waals surface area (Å²) in [6, 6.07) is 0. The van der Waals surface area contributed by atoms with Crippen LogP contribution in [-0.4, -0.2) is 21.1 Å². The summed E-state index contributed by atoms with van der Waals surface area (Å²) in [4.78, 5) is 11.2. The topological polar surface area (TPSA) is 83.8 Å². The molecule has 0 saturated heterocycles. The van der Waals surface area contributed by atoms with Crippen molar-refractivity contribution in [1.29, 1.82) is 0 Å². The highest BCUT2D eigenvalue weighted by molar-refractivity contribution is 7.80. The van der Waals surface area contributed by atoms with Crippen LogP contribution in [-0.2, 0) is 11.3 Å². The maximum absolute atomic E-state index is 11.0. The van der Waals surface area contributed by atoms with Gasteiger partial charge in [-0.15, -0.1) is 0 Å². The molecule has 70 valence electrons. The van der Waals surface area contributed by atoms with Crippen molar-refractivity contribution in [2.75, 3.05) is 0 Å². The highest BCUT2D eigenvalue weighted by atomic mass is 32.1. The minimum atomic E-state index is -0.172. The summed E-state index contributed by atoms with van der Waals surface area (Å²) >= 11 is 4.58. The average Bonchev–Trinajstić information content (AvgIpc) is 2.51. The second-order valence-electron chi connectivity index (χ2n) is 2.53. The maximum atomic E-state index is 11.0. The number of hydrogen-bond donors (Lipinski definition) is 3. The van der Waals surface area contributed by atoms with Crippen LogP contribution in [0.4, 0.5) is 0 Å². The van der Waals surface area contributed by atoms with Crippen molar-refractivity contribution in [3.05, 3.63) is 18.0 Å². The van der Waals surface area contributed by atoms with Gasteiger partial charge in [-0.2, -0.15) is 5.10 Å². The quantitative estimate of drug-likeness (QED) is 0.580. The van der Waals surface area contributed by atoms with Gasteiger partial charge in [0, 0.05) is 18.3 Å². The molecule has 0 atom stereocenters. The molecule has 1 heterocycles. The third-order valence-electron chi connectivity index (χ3n) is 1.38. The summed E-state index contributed by atoms with van der Waals surface area (Å²) in [5.41, 5.74) is 6.11. The summed E-state index contributed by atoms with van der Waals surface area (Å²) in [6.07, 6.45) is 3.44. The molecular formula is C7H10N4OS. The molecule has 6 heteroatoms. The number of carbonyl (C=O) groups is 1. The summed E-state index contributed by atoms with van der Waals surface area (Å²) < 4.78 is 0. The normalized spacial score (nSPS) is 9.54. The van der Waals surface area contributed by atoms with Gasteiger partial charge in [-0.25, -0.2) is 0 Å². The van der Waals surface area contributed by atoms with Crippen molar-refractivity contribution in [1.82, 2.24) is 15.5 Å². The van der Waals surface area contributed by atoms with Gasteiger partial charge >= 0.3 is 0 Å². The molecule has 13 heavy (non-hydrogen) atoms. The molecule has 0 aliphatic heterocycles. The first-order valence-corrected chi connectivity index (χ1v) is 4.12. The predicted octanol–water partition coefficient (Wildman–Crippen LogP) is -0.298. The van der Waals surface area contributed by atoms with Crippen molar-refractivity contribution in [2.45, 2.75) is 13.0 Å². The number of nitrogens with two attached hydrogens (primary N) is 1. The fraction of sp³-hybridized carbons (Fsp3) is 0.286. The van der Waals surface area contributed by atoms with E-state index in [1.54, 1.807) is 12.4 Å². The van der Waals surface area contributed by atoms with Crippen LogP contribution in [0.15, 0.2) is 12.4 Å².